The first-order chi connectivity index (χ1) is 38.6. The van der Waals surface area contributed by atoms with Crippen molar-refractivity contribution in [2.24, 2.45) is 17.8 Å². The Morgan fingerprint density at radius 1 is 0.225 bits per heavy atom. The van der Waals surface area contributed by atoms with Crippen molar-refractivity contribution in [1.82, 2.24) is 14.7 Å². The van der Waals surface area contributed by atoms with Gasteiger partial charge < -0.3 is 29.4 Å². The van der Waals surface area contributed by atoms with E-state index in [0.717, 1.165) is 17.8 Å². The van der Waals surface area contributed by atoms with Gasteiger partial charge in [0.2, 0.25) is 0 Å². The summed E-state index contributed by atoms with van der Waals surface area (Å²) in [6.07, 6.45) is 68.6. The average Bonchev–Trinajstić information content (AvgIpc) is 3.41. The molecule has 8 heteroatoms. The monoisotopic (exact) mass is 1160 g/mol. The Morgan fingerprint density at radius 2 is 0.350 bits per heavy atom. The molecule has 0 bridgehead atoms. The molecule has 488 valence electrons. The van der Waals surface area contributed by atoms with Crippen molar-refractivity contribution >= 4 is 7.82 Å². The molecule has 0 saturated carbocycles. The van der Waals surface area contributed by atoms with Crippen LogP contribution in [-0.2, 0) is 4.57 Å². The Bertz CT molecular complexity index is 993. The van der Waals surface area contributed by atoms with Crippen LogP contribution in [0.15, 0.2) is 0 Å². The molecule has 3 N–H and O–H groups in total. The van der Waals surface area contributed by atoms with Crippen LogP contribution < -0.4 is 0 Å². The largest absolute Gasteiger partial charge is 0.466 e. The van der Waals surface area contributed by atoms with E-state index in [0.29, 0.717) is 0 Å². The van der Waals surface area contributed by atoms with Gasteiger partial charge in [0.1, 0.15) is 0 Å². The summed E-state index contributed by atoms with van der Waals surface area (Å²) in [5.41, 5.74) is 0. The van der Waals surface area contributed by atoms with E-state index in [1.165, 1.54) is 367 Å². The third-order valence-electron chi connectivity index (χ3n) is 16.2. The molecule has 0 atom stereocenters. The van der Waals surface area contributed by atoms with E-state index in [4.69, 9.17) is 19.2 Å². The lowest BCUT2D eigenvalue weighted by molar-refractivity contribution is 0.256. The number of nitrogens with zero attached hydrogens (tertiary/aromatic N) is 3. The summed E-state index contributed by atoms with van der Waals surface area (Å²) in [5.74, 6) is 2.63. The summed E-state index contributed by atoms with van der Waals surface area (Å²) in [6.45, 7) is 40.0. The van der Waals surface area contributed by atoms with Gasteiger partial charge in [0, 0.05) is 0 Å². The molecule has 80 heavy (non-hydrogen) atoms. The van der Waals surface area contributed by atoms with E-state index >= 15 is 0 Å². The summed E-state index contributed by atoms with van der Waals surface area (Å²) in [6, 6.07) is 0. The Kier molecular flexibility index (Phi) is 79.1. The molecule has 0 fully saturated rings. The molecular weight excluding hydrogens is 1000 g/mol. The molecule has 0 heterocycles. The van der Waals surface area contributed by atoms with Gasteiger partial charge in [-0.2, -0.15) is 0 Å². The lowest BCUT2D eigenvalue weighted by atomic mass is 10.0. The second-order valence-electron chi connectivity index (χ2n) is 26.4. The Morgan fingerprint density at radius 3 is 0.500 bits per heavy atom. The molecule has 0 aromatic heterocycles. The fourth-order valence-corrected chi connectivity index (χ4v) is 10.8. The van der Waals surface area contributed by atoms with E-state index in [1.54, 1.807) is 0 Å². The topological polar surface area (TPSA) is 87.5 Å². The van der Waals surface area contributed by atoms with Crippen molar-refractivity contribution in [1.29, 1.82) is 0 Å². The van der Waals surface area contributed by atoms with Gasteiger partial charge in [-0.1, -0.05) is 333 Å². The summed E-state index contributed by atoms with van der Waals surface area (Å²) in [5, 5.41) is 0. The van der Waals surface area contributed by atoms with Crippen molar-refractivity contribution < 1.29 is 19.2 Å². The van der Waals surface area contributed by atoms with Gasteiger partial charge in [0.05, 0.1) is 0 Å². The van der Waals surface area contributed by atoms with Crippen LogP contribution >= 0.6 is 7.82 Å². The average molecular weight is 1160 g/mol. The maximum absolute atomic E-state index is 8.88. The first kappa shape index (κ1) is 86.4. The van der Waals surface area contributed by atoms with Gasteiger partial charge >= 0.3 is 7.82 Å². The minimum atomic E-state index is -4.64. The number of unbranched alkanes of at least 4 members (excludes halogenated alkanes) is 36. The van der Waals surface area contributed by atoms with E-state index < -0.39 is 7.82 Å². The van der Waals surface area contributed by atoms with Gasteiger partial charge in [0.15, 0.2) is 0 Å². The predicted molar refractivity (Wildman–Crippen MR) is 364 cm³/mol. The maximum atomic E-state index is 8.88. The SMILES string of the molecule is CCCCCCCCCCCCN(CCCC)CCCCCC(C)C.CCCCCCCCCCCCN(CCCC)CCCCCC(C)C.CCCCCCCCCCCCN(CCCC)CCCCCC(C)C.O=P(O)(O)O. The van der Waals surface area contributed by atoms with E-state index in [-0.39, 0.29) is 0 Å². The molecule has 0 aliphatic heterocycles. The predicted octanol–water partition coefficient (Wildman–Crippen LogP) is 23.7. The molecule has 0 aromatic carbocycles. The zero-order chi connectivity index (χ0) is 60.3. The van der Waals surface area contributed by atoms with Crippen LogP contribution in [0.3, 0.4) is 0 Å². The number of phosphoric acid groups is 1. The zero-order valence-electron chi connectivity index (χ0n) is 57.6. The molecule has 0 aromatic rings. The Balaban J connectivity index is -0.000000518. The highest BCUT2D eigenvalue weighted by molar-refractivity contribution is 7.45. The lowest BCUT2D eigenvalue weighted by Gasteiger charge is -2.22. The second kappa shape index (κ2) is 73.2. The molecule has 0 spiro atoms. The number of hydrogen-bond acceptors (Lipinski definition) is 4. The molecule has 0 aliphatic rings. The first-order valence-electron chi connectivity index (χ1n) is 36.6. The van der Waals surface area contributed by atoms with Gasteiger partial charge in [-0.25, -0.2) is 4.57 Å². The fraction of sp³-hybridized carbons (Fsp3) is 1.00. The van der Waals surface area contributed by atoms with Crippen molar-refractivity contribution in [3.05, 3.63) is 0 Å². The standard InChI is InChI=1S/3C24H51N.H3O4P/c3*1-5-7-9-10-11-12-13-14-15-18-22-25(21-8-6-2)23-19-16-17-20-24(3)4;1-5(2,3)4/h3*24H,5-23H2,1-4H3;(H3,1,2,3,4). The van der Waals surface area contributed by atoms with Gasteiger partial charge in [-0.05, 0) is 134 Å². The molecule has 0 rings (SSSR count). The minimum absolute atomic E-state index is 0.878. The van der Waals surface area contributed by atoms with Crippen molar-refractivity contribution in [3.8, 4) is 0 Å². The van der Waals surface area contributed by atoms with E-state index in [2.05, 4.69) is 97.8 Å². The minimum Gasteiger partial charge on any atom is -0.303 e. The highest BCUT2D eigenvalue weighted by atomic mass is 31.2. The van der Waals surface area contributed by atoms with Gasteiger partial charge in [-0.3, -0.25) is 0 Å². The van der Waals surface area contributed by atoms with Crippen LogP contribution in [0, 0.1) is 17.8 Å². The zero-order valence-corrected chi connectivity index (χ0v) is 58.5. The molecule has 0 aliphatic carbocycles. The molecule has 0 unspecified atom stereocenters. The van der Waals surface area contributed by atoms with Crippen LogP contribution in [0.2, 0.25) is 0 Å². The van der Waals surface area contributed by atoms with E-state index in [9.17, 15) is 0 Å². The smallest absolute Gasteiger partial charge is 0.303 e. The van der Waals surface area contributed by atoms with E-state index in [1.807, 2.05) is 0 Å². The van der Waals surface area contributed by atoms with Gasteiger partial charge in [-0.15, -0.1) is 0 Å². The summed E-state index contributed by atoms with van der Waals surface area (Å²) < 4.78 is 8.88. The van der Waals surface area contributed by atoms with Gasteiger partial charge in [0.25, 0.3) is 0 Å². The Hall–Kier alpha value is -0.0100. The van der Waals surface area contributed by atoms with Crippen molar-refractivity contribution in [3.63, 3.8) is 0 Å². The first-order valence-corrected chi connectivity index (χ1v) is 38.1. The maximum Gasteiger partial charge on any atom is 0.466 e. The number of rotatable bonds is 60. The van der Waals surface area contributed by atoms with Crippen LogP contribution in [0.1, 0.15) is 391 Å². The molecule has 0 saturated heterocycles. The lowest BCUT2D eigenvalue weighted by Crippen LogP contribution is -2.27. The highest BCUT2D eigenvalue weighted by Crippen LogP contribution is 2.26. The summed E-state index contributed by atoms with van der Waals surface area (Å²) in [7, 11) is -4.64. The van der Waals surface area contributed by atoms with Crippen LogP contribution in [-0.4, -0.2) is 88.3 Å². The molecular formula is C72H156N3O4P. The third-order valence-corrected chi connectivity index (χ3v) is 16.2. The quantitative estimate of drug-likeness (QED) is 0.0413. The second-order valence-corrected chi connectivity index (χ2v) is 27.4. The van der Waals surface area contributed by atoms with Crippen LogP contribution in [0.25, 0.3) is 0 Å². The normalized spacial score (nSPS) is 11.8. The molecule has 0 amide bonds. The van der Waals surface area contributed by atoms with Crippen LogP contribution in [0.5, 0.6) is 0 Å². The third kappa shape index (κ3) is 89.2. The number of hydrogen-bond donors (Lipinski definition) is 3. The Labute approximate surface area is 507 Å². The summed E-state index contributed by atoms with van der Waals surface area (Å²) in [4.78, 5) is 29.8. The summed E-state index contributed by atoms with van der Waals surface area (Å²) >= 11 is 0. The van der Waals surface area contributed by atoms with Crippen molar-refractivity contribution in [2.75, 3.05) is 58.9 Å². The molecule has 7 nitrogen and oxygen atoms in total. The fourth-order valence-electron chi connectivity index (χ4n) is 10.8. The van der Waals surface area contributed by atoms with Crippen LogP contribution in [0.4, 0.5) is 0 Å². The van der Waals surface area contributed by atoms with Crippen molar-refractivity contribution in [2.45, 2.75) is 391 Å². The molecule has 0 radical (unpaired) electrons. The highest BCUT2D eigenvalue weighted by Gasteiger charge is 2.08.